The minimum Gasteiger partial charge on any atom is -0.480 e. The maximum absolute atomic E-state index is 12.9. The molecule has 8 nitrogen and oxygen atoms in total. The van der Waals surface area contributed by atoms with Gasteiger partial charge in [-0.25, -0.2) is 9.59 Å². The molecule has 2 aromatic rings. The zero-order valence-corrected chi connectivity index (χ0v) is 20.4. The van der Waals surface area contributed by atoms with E-state index in [-0.39, 0.29) is 31.4 Å². The van der Waals surface area contributed by atoms with E-state index in [9.17, 15) is 19.5 Å². The van der Waals surface area contributed by atoms with Gasteiger partial charge in [0.05, 0.1) is 5.54 Å². The molecule has 35 heavy (non-hydrogen) atoms. The van der Waals surface area contributed by atoms with Gasteiger partial charge in [-0.3, -0.25) is 4.79 Å². The minimum absolute atomic E-state index is 0.0148. The molecule has 0 heterocycles. The molecule has 1 saturated carbocycles. The van der Waals surface area contributed by atoms with Crippen LogP contribution in [0.3, 0.4) is 0 Å². The Labute approximate surface area is 205 Å². The van der Waals surface area contributed by atoms with Crippen molar-refractivity contribution in [3.8, 4) is 11.1 Å². The van der Waals surface area contributed by atoms with E-state index in [0.29, 0.717) is 0 Å². The second kappa shape index (κ2) is 10.1. The molecule has 2 atom stereocenters. The third-order valence-corrected chi connectivity index (χ3v) is 6.92. The van der Waals surface area contributed by atoms with Gasteiger partial charge in [-0.15, -0.1) is 0 Å². The van der Waals surface area contributed by atoms with Crippen molar-refractivity contribution in [3.05, 3.63) is 59.7 Å². The van der Waals surface area contributed by atoms with Crippen LogP contribution in [-0.2, 0) is 14.3 Å². The Morgan fingerprint density at radius 2 is 1.63 bits per heavy atom. The molecule has 0 aliphatic heterocycles. The lowest BCUT2D eigenvalue weighted by molar-refractivity contribution is -0.142. The Morgan fingerprint density at radius 3 is 2.14 bits per heavy atom. The molecule has 0 aromatic heterocycles. The zero-order valence-electron chi connectivity index (χ0n) is 20.4. The number of benzene rings is 2. The Bertz CT molecular complexity index is 1070. The molecule has 4 rings (SSSR count). The number of carbonyl (C=O) groups is 3. The minimum atomic E-state index is -1.09. The number of ether oxygens (including phenoxy) is 1. The fourth-order valence-corrected chi connectivity index (χ4v) is 5.01. The van der Waals surface area contributed by atoms with Gasteiger partial charge in [-0.2, -0.15) is 0 Å². The van der Waals surface area contributed by atoms with E-state index in [2.05, 4.69) is 34.9 Å². The van der Waals surface area contributed by atoms with Crippen molar-refractivity contribution in [1.82, 2.24) is 15.5 Å². The fourth-order valence-electron chi connectivity index (χ4n) is 5.01. The van der Waals surface area contributed by atoms with Crippen molar-refractivity contribution >= 4 is 18.0 Å². The number of likely N-dealkylation sites (N-methyl/N-ethyl adjacent to an activating group) is 1. The summed E-state index contributed by atoms with van der Waals surface area (Å²) >= 11 is 0. The largest absolute Gasteiger partial charge is 0.480 e. The number of amides is 2. The van der Waals surface area contributed by atoms with E-state index in [1.165, 1.54) is 0 Å². The van der Waals surface area contributed by atoms with E-state index in [1.54, 1.807) is 19.0 Å². The Morgan fingerprint density at radius 1 is 1.06 bits per heavy atom. The highest BCUT2D eigenvalue weighted by atomic mass is 16.5. The number of nitrogens with zero attached hydrogens (tertiary/aromatic N) is 1. The Balaban J connectivity index is 1.39. The second-order valence-corrected chi connectivity index (χ2v) is 10.0. The van der Waals surface area contributed by atoms with E-state index in [1.807, 2.05) is 31.2 Å². The van der Waals surface area contributed by atoms with Gasteiger partial charge in [-0.05, 0) is 62.0 Å². The van der Waals surface area contributed by atoms with E-state index in [0.717, 1.165) is 35.1 Å². The van der Waals surface area contributed by atoms with Crippen molar-refractivity contribution in [2.24, 2.45) is 5.92 Å². The summed E-state index contributed by atoms with van der Waals surface area (Å²) in [5.41, 5.74) is 3.76. The third-order valence-electron chi connectivity index (χ3n) is 6.92. The molecular formula is C27H33N3O5. The van der Waals surface area contributed by atoms with Crippen LogP contribution in [0.1, 0.15) is 43.2 Å². The highest BCUT2D eigenvalue weighted by Crippen LogP contribution is 2.45. The predicted octanol–water partition coefficient (Wildman–Crippen LogP) is 3.21. The summed E-state index contributed by atoms with van der Waals surface area (Å²) in [6.45, 7) is 2.20. The van der Waals surface area contributed by atoms with Crippen molar-refractivity contribution in [1.29, 1.82) is 0 Å². The van der Waals surface area contributed by atoms with E-state index in [4.69, 9.17) is 4.74 Å². The van der Waals surface area contributed by atoms with Crippen molar-refractivity contribution in [3.63, 3.8) is 0 Å². The molecule has 2 amide bonds. The SMILES string of the molecule is CN(C)CC(NC(=O)CC(C)(NC(=O)OCC1c2ccccc2-c2ccccc21)C1CC1)C(=O)O. The van der Waals surface area contributed by atoms with Crippen LogP contribution >= 0.6 is 0 Å². The molecule has 1 fully saturated rings. The summed E-state index contributed by atoms with van der Waals surface area (Å²) in [5, 5.41) is 14.9. The van der Waals surface area contributed by atoms with Crippen LogP contribution in [0.4, 0.5) is 4.79 Å². The van der Waals surface area contributed by atoms with Gasteiger partial charge in [-0.1, -0.05) is 48.5 Å². The van der Waals surface area contributed by atoms with Crippen molar-refractivity contribution in [2.45, 2.75) is 43.7 Å². The van der Waals surface area contributed by atoms with Gasteiger partial charge in [0.25, 0.3) is 0 Å². The number of nitrogens with one attached hydrogen (secondary N) is 2. The number of hydrogen-bond donors (Lipinski definition) is 3. The summed E-state index contributed by atoms with van der Waals surface area (Å²) in [4.78, 5) is 38.8. The first-order valence-corrected chi connectivity index (χ1v) is 12.0. The first-order chi connectivity index (χ1) is 16.7. The maximum Gasteiger partial charge on any atom is 0.407 e. The van der Waals surface area contributed by atoms with Gasteiger partial charge in [0.15, 0.2) is 0 Å². The molecule has 2 aliphatic rings. The van der Waals surface area contributed by atoms with E-state index < -0.39 is 29.6 Å². The van der Waals surface area contributed by atoms with Crippen molar-refractivity contribution < 1.29 is 24.2 Å². The molecule has 0 radical (unpaired) electrons. The van der Waals surface area contributed by atoms with Gasteiger partial charge in [0.2, 0.25) is 5.91 Å². The molecule has 8 heteroatoms. The number of carbonyl (C=O) groups excluding carboxylic acids is 2. The molecule has 2 aromatic carbocycles. The zero-order chi connectivity index (χ0) is 25.2. The third kappa shape index (κ3) is 5.65. The van der Waals surface area contributed by atoms with Crippen LogP contribution in [-0.4, -0.2) is 66.8 Å². The van der Waals surface area contributed by atoms with Crippen LogP contribution in [0.15, 0.2) is 48.5 Å². The number of carboxylic acid groups (broad SMARTS) is 1. The first kappa shape index (κ1) is 24.7. The van der Waals surface area contributed by atoms with Gasteiger partial charge < -0.3 is 25.4 Å². The van der Waals surface area contributed by atoms with Crippen molar-refractivity contribution in [2.75, 3.05) is 27.2 Å². The predicted molar refractivity (Wildman–Crippen MR) is 132 cm³/mol. The second-order valence-electron chi connectivity index (χ2n) is 10.0. The topological polar surface area (TPSA) is 108 Å². The van der Waals surface area contributed by atoms with Gasteiger partial charge >= 0.3 is 12.1 Å². The van der Waals surface area contributed by atoms with Crippen LogP contribution < -0.4 is 10.6 Å². The number of carboxylic acids is 1. The molecule has 0 bridgehead atoms. The maximum atomic E-state index is 12.9. The number of rotatable bonds is 10. The normalized spacial score (nSPS) is 17.1. The number of aliphatic carboxylic acids is 1. The lowest BCUT2D eigenvalue weighted by Crippen LogP contribution is -2.54. The molecule has 2 unspecified atom stereocenters. The number of hydrogen-bond acceptors (Lipinski definition) is 5. The van der Waals surface area contributed by atoms with Crippen LogP contribution in [0.5, 0.6) is 0 Å². The monoisotopic (exact) mass is 479 g/mol. The highest BCUT2D eigenvalue weighted by Gasteiger charge is 2.45. The summed E-state index contributed by atoms with van der Waals surface area (Å²) in [7, 11) is 3.49. The lowest BCUT2D eigenvalue weighted by Gasteiger charge is -2.31. The smallest absolute Gasteiger partial charge is 0.407 e. The average molecular weight is 480 g/mol. The molecule has 3 N–H and O–H groups in total. The average Bonchev–Trinajstić information content (AvgIpc) is 3.61. The summed E-state index contributed by atoms with van der Waals surface area (Å²) in [5.74, 6) is -1.41. The van der Waals surface area contributed by atoms with Crippen LogP contribution in [0, 0.1) is 5.92 Å². The molecule has 2 aliphatic carbocycles. The van der Waals surface area contributed by atoms with E-state index >= 15 is 0 Å². The summed E-state index contributed by atoms with van der Waals surface area (Å²) < 4.78 is 5.68. The molecular weight excluding hydrogens is 446 g/mol. The van der Waals surface area contributed by atoms with Crippen LogP contribution in [0.2, 0.25) is 0 Å². The fraction of sp³-hybridized carbons (Fsp3) is 0.444. The summed E-state index contributed by atoms with van der Waals surface area (Å²) in [6.07, 6.45) is 1.21. The molecule has 0 spiro atoms. The Kier molecular flexibility index (Phi) is 7.12. The number of fused-ring (bicyclic) bond motifs is 3. The van der Waals surface area contributed by atoms with Gasteiger partial charge in [0.1, 0.15) is 12.6 Å². The lowest BCUT2D eigenvalue weighted by atomic mass is 9.91. The molecule has 186 valence electrons. The highest BCUT2D eigenvalue weighted by molar-refractivity contribution is 5.85. The van der Waals surface area contributed by atoms with Crippen LogP contribution in [0.25, 0.3) is 11.1 Å². The standard InChI is InChI=1S/C27H33N3O5/c1-27(17-12-13-17,14-24(31)28-23(25(32)33)15-30(2)3)29-26(34)35-16-22-20-10-6-4-8-18(20)19-9-5-7-11-21(19)22/h4-11,17,22-23H,12-16H2,1-3H3,(H,28,31)(H,29,34)(H,32,33). The van der Waals surface area contributed by atoms with Gasteiger partial charge in [0, 0.05) is 18.9 Å². The molecule has 0 saturated heterocycles. The Hall–Kier alpha value is -3.39. The first-order valence-electron chi connectivity index (χ1n) is 12.0. The number of alkyl carbamates (subject to hydrolysis) is 1. The summed E-state index contributed by atoms with van der Waals surface area (Å²) in [6, 6.07) is 15.3. The quantitative estimate of drug-likeness (QED) is 0.483.